The van der Waals surface area contributed by atoms with Crippen LogP contribution in [0.1, 0.15) is 31.1 Å². The van der Waals surface area contributed by atoms with Crippen molar-refractivity contribution in [2.45, 2.75) is 32.5 Å². The minimum atomic E-state index is -0.522. The highest BCUT2D eigenvalue weighted by atomic mass is 16.5. The average Bonchev–Trinajstić information content (AvgIpc) is 2.46. The van der Waals surface area contributed by atoms with Gasteiger partial charge >= 0.3 is 0 Å². The molecule has 2 unspecified atom stereocenters. The van der Waals surface area contributed by atoms with E-state index in [0.717, 1.165) is 31.6 Å². The molecular weight excluding hydrogens is 226 g/mol. The van der Waals surface area contributed by atoms with Crippen molar-refractivity contribution in [3.63, 3.8) is 0 Å². The fraction of sp³-hybridized carbons (Fsp3) is 0.600. The number of rotatable bonds is 4. The molecular formula is C15H23NO2. The molecule has 0 bridgehead atoms. The van der Waals surface area contributed by atoms with E-state index in [1.54, 1.807) is 0 Å². The van der Waals surface area contributed by atoms with Gasteiger partial charge < -0.3 is 9.84 Å². The number of aliphatic hydroxyl groups excluding tert-OH is 1. The van der Waals surface area contributed by atoms with E-state index >= 15 is 0 Å². The quantitative estimate of drug-likeness (QED) is 0.886. The molecule has 1 fully saturated rings. The molecule has 1 aromatic carbocycles. The molecule has 3 nitrogen and oxygen atoms in total. The number of aliphatic hydroxyl groups is 1. The number of likely N-dealkylation sites (N-methyl/N-ethyl adjacent to an activating group) is 1. The summed E-state index contributed by atoms with van der Waals surface area (Å²) in [4.78, 5) is 2.32. The van der Waals surface area contributed by atoms with Crippen molar-refractivity contribution >= 4 is 0 Å². The van der Waals surface area contributed by atoms with Crippen LogP contribution in [-0.4, -0.2) is 42.4 Å². The van der Waals surface area contributed by atoms with Gasteiger partial charge in [-0.1, -0.05) is 38.1 Å². The molecule has 2 atom stereocenters. The Morgan fingerprint density at radius 3 is 3.00 bits per heavy atom. The van der Waals surface area contributed by atoms with Gasteiger partial charge in [-0.25, -0.2) is 0 Å². The maximum Gasteiger partial charge on any atom is 0.106 e. The van der Waals surface area contributed by atoms with Crippen LogP contribution in [-0.2, 0) is 11.2 Å². The number of aryl methyl sites for hydroxylation is 1. The third-order valence-electron chi connectivity index (χ3n) is 3.68. The van der Waals surface area contributed by atoms with Crippen molar-refractivity contribution in [2.75, 3.05) is 26.2 Å². The lowest BCUT2D eigenvalue weighted by Crippen LogP contribution is -2.44. The summed E-state index contributed by atoms with van der Waals surface area (Å²) < 4.78 is 5.71. The van der Waals surface area contributed by atoms with Crippen molar-refractivity contribution in [1.82, 2.24) is 4.90 Å². The molecule has 0 radical (unpaired) electrons. The minimum absolute atomic E-state index is 0.106. The van der Waals surface area contributed by atoms with E-state index in [9.17, 15) is 5.11 Å². The van der Waals surface area contributed by atoms with Crippen LogP contribution in [0.5, 0.6) is 0 Å². The van der Waals surface area contributed by atoms with Gasteiger partial charge in [-0.2, -0.15) is 0 Å². The molecule has 0 saturated carbocycles. The average molecular weight is 249 g/mol. The van der Waals surface area contributed by atoms with Crippen molar-refractivity contribution in [1.29, 1.82) is 0 Å². The second-order valence-corrected chi connectivity index (χ2v) is 4.85. The molecule has 1 aliphatic rings. The third-order valence-corrected chi connectivity index (χ3v) is 3.68. The van der Waals surface area contributed by atoms with Crippen molar-refractivity contribution < 1.29 is 9.84 Å². The van der Waals surface area contributed by atoms with Gasteiger partial charge in [0, 0.05) is 13.1 Å². The summed E-state index contributed by atoms with van der Waals surface area (Å²) in [5.41, 5.74) is 2.23. The Hall–Kier alpha value is -0.900. The molecule has 3 heteroatoms. The molecule has 1 aromatic rings. The fourth-order valence-corrected chi connectivity index (χ4v) is 2.42. The number of hydrogen-bond acceptors (Lipinski definition) is 3. The van der Waals surface area contributed by atoms with E-state index in [1.165, 1.54) is 5.56 Å². The maximum absolute atomic E-state index is 10.4. The lowest BCUT2D eigenvalue weighted by Gasteiger charge is -2.34. The maximum atomic E-state index is 10.4. The molecule has 0 spiro atoms. The third kappa shape index (κ3) is 3.10. The number of nitrogens with zero attached hydrogens (tertiary/aromatic N) is 1. The standard InChI is InChI=1S/C15H23NO2/c1-3-12-6-5-7-13(10-12)15(17)14-11-16(4-2)8-9-18-14/h5-7,10,14-15,17H,3-4,8-9,11H2,1-2H3. The Morgan fingerprint density at radius 2 is 2.28 bits per heavy atom. The fourth-order valence-electron chi connectivity index (χ4n) is 2.42. The van der Waals surface area contributed by atoms with Crippen LogP contribution in [0.15, 0.2) is 24.3 Å². The minimum Gasteiger partial charge on any atom is -0.386 e. The lowest BCUT2D eigenvalue weighted by atomic mass is 10.00. The van der Waals surface area contributed by atoms with Crippen LogP contribution < -0.4 is 0 Å². The zero-order valence-electron chi connectivity index (χ0n) is 11.3. The zero-order valence-corrected chi connectivity index (χ0v) is 11.3. The predicted octanol–water partition coefficient (Wildman–Crippen LogP) is 2.00. The van der Waals surface area contributed by atoms with E-state index in [-0.39, 0.29) is 6.10 Å². The van der Waals surface area contributed by atoms with Gasteiger partial charge in [0.2, 0.25) is 0 Å². The Morgan fingerprint density at radius 1 is 1.44 bits per heavy atom. The SMILES string of the molecule is CCc1cccc(C(O)C2CN(CC)CCO2)c1. The van der Waals surface area contributed by atoms with Crippen LogP contribution in [0.3, 0.4) is 0 Å². The molecule has 0 aliphatic carbocycles. The van der Waals surface area contributed by atoms with E-state index in [0.29, 0.717) is 6.61 Å². The topological polar surface area (TPSA) is 32.7 Å². The molecule has 1 N–H and O–H groups in total. The van der Waals surface area contributed by atoms with Crippen LogP contribution >= 0.6 is 0 Å². The number of hydrogen-bond donors (Lipinski definition) is 1. The summed E-state index contributed by atoms with van der Waals surface area (Å²) in [6.45, 7) is 7.78. The largest absolute Gasteiger partial charge is 0.386 e. The Kier molecular flexibility index (Phi) is 4.75. The van der Waals surface area contributed by atoms with Gasteiger partial charge in [-0.15, -0.1) is 0 Å². The zero-order chi connectivity index (χ0) is 13.0. The van der Waals surface area contributed by atoms with Crippen LogP contribution in [0.25, 0.3) is 0 Å². The molecule has 1 heterocycles. The molecule has 2 rings (SSSR count). The second-order valence-electron chi connectivity index (χ2n) is 4.85. The van der Waals surface area contributed by atoms with Gasteiger partial charge in [0.15, 0.2) is 0 Å². The Bertz CT molecular complexity index is 381. The van der Waals surface area contributed by atoms with E-state index in [1.807, 2.05) is 12.1 Å². The summed E-state index contributed by atoms with van der Waals surface area (Å²) in [6.07, 6.45) is 0.365. The first kappa shape index (κ1) is 13.5. The second kappa shape index (κ2) is 6.32. The van der Waals surface area contributed by atoms with Gasteiger partial charge in [0.25, 0.3) is 0 Å². The summed E-state index contributed by atoms with van der Waals surface area (Å²) >= 11 is 0. The van der Waals surface area contributed by atoms with Crippen LogP contribution in [0.4, 0.5) is 0 Å². The summed E-state index contributed by atoms with van der Waals surface area (Å²) in [5, 5.41) is 10.4. The number of benzene rings is 1. The Labute approximate surface area is 109 Å². The number of morpholine rings is 1. The van der Waals surface area contributed by atoms with Crippen molar-refractivity contribution in [3.05, 3.63) is 35.4 Å². The molecule has 100 valence electrons. The predicted molar refractivity (Wildman–Crippen MR) is 72.6 cm³/mol. The molecule has 0 aromatic heterocycles. The molecule has 1 aliphatic heterocycles. The van der Waals surface area contributed by atoms with E-state index < -0.39 is 6.10 Å². The lowest BCUT2D eigenvalue weighted by molar-refractivity contribution is -0.0889. The summed E-state index contributed by atoms with van der Waals surface area (Å²) in [6, 6.07) is 8.17. The first-order chi connectivity index (χ1) is 8.74. The van der Waals surface area contributed by atoms with Crippen molar-refractivity contribution in [2.24, 2.45) is 0 Å². The first-order valence-corrected chi connectivity index (χ1v) is 6.85. The summed E-state index contributed by atoms with van der Waals surface area (Å²) in [5.74, 6) is 0. The molecule has 1 saturated heterocycles. The highest BCUT2D eigenvalue weighted by Gasteiger charge is 2.27. The van der Waals surface area contributed by atoms with Gasteiger partial charge in [-0.3, -0.25) is 4.90 Å². The monoisotopic (exact) mass is 249 g/mol. The van der Waals surface area contributed by atoms with Gasteiger partial charge in [-0.05, 0) is 24.1 Å². The highest BCUT2D eigenvalue weighted by Crippen LogP contribution is 2.23. The Balaban J connectivity index is 2.07. The van der Waals surface area contributed by atoms with Gasteiger partial charge in [0.1, 0.15) is 12.2 Å². The van der Waals surface area contributed by atoms with Crippen LogP contribution in [0.2, 0.25) is 0 Å². The smallest absolute Gasteiger partial charge is 0.106 e. The van der Waals surface area contributed by atoms with Crippen molar-refractivity contribution in [3.8, 4) is 0 Å². The van der Waals surface area contributed by atoms with Gasteiger partial charge in [0.05, 0.1) is 6.61 Å². The normalized spacial score (nSPS) is 22.9. The van der Waals surface area contributed by atoms with Crippen LogP contribution in [0, 0.1) is 0 Å². The summed E-state index contributed by atoms with van der Waals surface area (Å²) in [7, 11) is 0. The molecule has 18 heavy (non-hydrogen) atoms. The number of ether oxygens (including phenoxy) is 1. The van der Waals surface area contributed by atoms with E-state index in [4.69, 9.17) is 4.74 Å². The molecule has 0 amide bonds. The first-order valence-electron chi connectivity index (χ1n) is 6.85. The highest BCUT2D eigenvalue weighted by molar-refractivity contribution is 5.26. The van der Waals surface area contributed by atoms with E-state index in [2.05, 4.69) is 30.9 Å².